The summed E-state index contributed by atoms with van der Waals surface area (Å²) in [6.45, 7) is 1.66. The van der Waals surface area contributed by atoms with Gasteiger partial charge in [0.2, 0.25) is 5.91 Å². The number of thiophene rings is 1. The average molecular weight is 386 g/mol. The lowest BCUT2D eigenvalue weighted by Gasteiger charge is -2.21. The molecule has 1 aliphatic heterocycles. The van der Waals surface area contributed by atoms with E-state index in [0.29, 0.717) is 26.2 Å². The molecule has 0 saturated heterocycles. The third-order valence-electron chi connectivity index (χ3n) is 4.07. The molecule has 0 unspecified atom stereocenters. The minimum Gasteiger partial charge on any atom is -0.486 e. The molecular weight excluding hydrogens is 368 g/mol. The lowest BCUT2D eigenvalue weighted by molar-refractivity contribution is -0.129. The number of carbonyl (C=O) groups excluding carboxylic acids is 1. The normalized spacial score (nSPS) is 12.8. The zero-order valence-corrected chi connectivity index (χ0v) is 15.9. The van der Waals surface area contributed by atoms with Gasteiger partial charge in [-0.3, -0.25) is 4.79 Å². The van der Waals surface area contributed by atoms with E-state index in [9.17, 15) is 4.79 Å². The number of rotatable bonds is 5. The molecule has 0 spiro atoms. The van der Waals surface area contributed by atoms with Crippen LogP contribution in [-0.2, 0) is 17.8 Å². The van der Waals surface area contributed by atoms with E-state index in [4.69, 9.17) is 9.47 Å². The van der Waals surface area contributed by atoms with Gasteiger partial charge in [0.25, 0.3) is 0 Å². The van der Waals surface area contributed by atoms with Gasteiger partial charge in [0.15, 0.2) is 11.5 Å². The molecule has 1 aromatic carbocycles. The molecule has 4 rings (SSSR count). The first-order valence-electron chi connectivity index (χ1n) is 8.30. The van der Waals surface area contributed by atoms with E-state index < -0.39 is 0 Å². The Labute approximate surface area is 159 Å². The number of amides is 1. The zero-order chi connectivity index (χ0) is 17.9. The quantitative estimate of drug-likeness (QED) is 0.668. The van der Waals surface area contributed by atoms with Gasteiger partial charge >= 0.3 is 0 Å². The summed E-state index contributed by atoms with van der Waals surface area (Å²) in [7, 11) is 1.81. The molecular formula is C19H18N2O3S2. The van der Waals surface area contributed by atoms with E-state index in [0.717, 1.165) is 32.6 Å². The van der Waals surface area contributed by atoms with Crippen LogP contribution in [0.15, 0.2) is 41.1 Å². The van der Waals surface area contributed by atoms with Crippen LogP contribution in [-0.4, -0.2) is 36.1 Å². The van der Waals surface area contributed by atoms with Crippen molar-refractivity contribution in [2.75, 3.05) is 20.3 Å². The summed E-state index contributed by atoms with van der Waals surface area (Å²) < 4.78 is 11.1. The molecule has 0 radical (unpaired) electrons. The second-order valence-electron chi connectivity index (χ2n) is 6.03. The van der Waals surface area contributed by atoms with Crippen molar-refractivity contribution in [2.45, 2.75) is 13.0 Å². The van der Waals surface area contributed by atoms with Crippen LogP contribution in [0.1, 0.15) is 11.3 Å². The second-order valence-corrected chi connectivity index (χ2v) is 7.83. The van der Waals surface area contributed by atoms with Gasteiger partial charge in [-0.25, -0.2) is 4.98 Å². The van der Waals surface area contributed by atoms with Crippen molar-refractivity contribution < 1.29 is 14.3 Å². The largest absolute Gasteiger partial charge is 0.486 e. The van der Waals surface area contributed by atoms with Crippen LogP contribution in [0.4, 0.5) is 0 Å². The molecule has 0 bridgehead atoms. The lowest BCUT2D eigenvalue weighted by Crippen LogP contribution is -2.28. The Balaban J connectivity index is 1.39. The first kappa shape index (κ1) is 17.1. The minimum atomic E-state index is 0.0444. The molecule has 0 N–H and O–H groups in total. The van der Waals surface area contributed by atoms with Crippen LogP contribution in [0.2, 0.25) is 0 Å². The molecule has 3 heterocycles. The first-order chi connectivity index (χ1) is 12.7. The monoisotopic (exact) mass is 386 g/mol. The fraction of sp³-hybridized carbons (Fsp3) is 0.263. The predicted octanol–water partition coefficient (Wildman–Crippen LogP) is 3.84. The summed E-state index contributed by atoms with van der Waals surface area (Å²) in [4.78, 5) is 20.0. The van der Waals surface area contributed by atoms with Crippen molar-refractivity contribution in [3.05, 3.63) is 52.3 Å². The van der Waals surface area contributed by atoms with Crippen LogP contribution in [0.25, 0.3) is 9.88 Å². The maximum absolute atomic E-state index is 12.5. The van der Waals surface area contributed by atoms with Crippen molar-refractivity contribution in [2.24, 2.45) is 0 Å². The Kier molecular flexibility index (Phi) is 4.90. The summed E-state index contributed by atoms with van der Waals surface area (Å²) in [5, 5.41) is 4.96. The van der Waals surface area contributed by atoms with Gasteiger partial charge < -0.3 is 14.4 Å². The highest BCUT2D eigenvalue weighted by Crippen LogP contribution is 2.31. The summed E-state index contributed by atoms with van der Waals surface area (Å²) in [6, 6.07) is 9.86. The maximum atomic E-state index is 12.5. The van der Waals surface area contributed by atoms with Crippen molar-refractivity contribution in [1.29, 1.82) is 0 Å². The molecule has 1 amide bonds. The van der Waals surface area contributed by atoms with Crippen LogP contribution >= 0.6 is 22.7 Å². The number of aromatic nitrogens is 1. The van der Waals surface area contributed by atoms with Crippen molar-refractivity contribution in [1.82, 2.24) is 9.88 Å². The first-order valence-corrected chi connectivity index (χ1v) is 10.1. The SMILES string of the molecule is CN(Cc1ccc2c(c1)OCCO2)C(=O)Cc1csc(-c2cccs2)n1. The van der Waals surface area contributed by atoms with E-state index in [1.165, 1.54) is 0 Å². The Bertz CT molecular complexity index is 905. The number of fused-ring (bicyclic) bond motifs is 1. The summed E-state index contributed by atoms with van der Waals surface area (Å²) >= 11 is 3.24. The van der Waals surface area contributed by atoms with Gasteiger partial charge in [-0.1, -0.05) is 12.1 Å². The average Bonchev–Trinajstić information content (AvgIpc) is 3.33. The summed E-state index contributed by atoms with van der Waals surface area (Å²) in [5.74, 6) is 1.55. The lowest BCUT2D eigenvalue weighted by atomic mass is 10.1. The molecule has 1 aliphatic rings. The van der Waals surface area contributed by atoms with E-state index in [1.807, 2.05) is 48.1 Å². The molecule has 134 valence electrons. The number of ether oxygens (including phenoxy) is 2. The fourth-order valence-corrected chi connectivity index (χ4v) is 4.37. The van der Waals surface area contributed by atoms with E-state index in [1.54, 1.807) is 27.6 Å². The highest BCUT2D eigenvalue weighted by atomic mass is 32.1. The van der Waals surface area contributed by atoms with Crippen LogP contribution < -0.4 is 9.47 Å². The number of nitrogens with zero attached hydrogens (tertiary/aromatic N) is 2. The van der Waals surface area contributed by atoms with Gasteiger partial charge in [-0.05, 0) is 29.1 Å². The van der Waals surface area contributed by atoms with E-state index in [-0.39, 0.29) is 5.91 Å². The Morgan fingerprint density at radius 2 is 2.04 bits per heavy atom. The molecule has 5 nitrogen and oxygen atoms in total. The number of benzene rings is 1. The number of hydrogen-bond donors (Lipinski definition) is 0. The Morgan fingerprint density at radius 1 is 1.19 bits per heavy atom. The number of thiazole rings is 1. The summed E-state index contributed by atoms with van der Waals surface area (Å²) in [5.41, 5.74) is 1.83. The van der Waals surface area contributed by atoms with Crippen molar-refractivity contribution in [3.63, 3.8) is 0 Å². The van der Waals surface area contributed by atoms with E-state index in [2.05, 4.69) is 4.98 Å². The fourth-order valence-electron chi connectivity index (χ4n) is 2.74. The number of hydrogen-bond acceptors (Lipinski definition) is 6. The zero-order valence-electron chi connectivity index (χ0n) is 14.3. The molecule has 2 aromatic heterocycles. The summed E-state index contributed by atoms with van der Waals surface area (Å²) in [6.07, 6.45) is 0.308. The Morgan fingerprint density at radius 3 is 2.85 bits per heavy atom. The maximum Gasteiger partial charge on any atom is 0.228 e. The molecule has 3 aromatic rings. The van der Waals surface area contributed by atoms with Gasteiger partial charge in [0.05, 0.1) is 17.0 Å². The smallest absolute Gasteiger partial charge is 0.228 e. The Hall–Kier alpha value is -2.38. The molecule has 0 atom stereocenters. The van der Waals surface area contributed by atoms with Crippen LogP contribution in [0, 0.1) is 0 Å². The molecule has 0 aliphatic carbocycles. The highest BCUT2D eigenvalue weighted by molar-refractivity contribution is 7.20. The molecule has 7 heteroatoms. The van der Waals surface area contributed by atoms with Gasteiger partial charge in [0.1, 0.15) is 18.2 Å². The topological polar surface area (TPSA) is 51.7 Å². The van der Waals surface area contributed by atoms with Crippen LogP contribution in [0.3, 0.4) is 0 Å². The minimum absolute atomic E-state index is 0.0444. The van der Waals surface area contributed by atoms with Gasteiger partial charge in [-0.15, -0.1) is 22.7 Å². The molecule has 0 fully saturated rings. The van der Waals surface area contributed by atoms with Gasteiger partial charge in [-0.2, -0.15) is 0 Å². The highest BCUT2D eigenvalue weighted by Gasteiger charge is 2.16. The number of likely N-dealkylation sites (N-methyl/N-ethyl adjacent to an activating group) is 1. The third kappa shape index (κ3) is 3.73. The van der Waals surface area contributed by atoms with Crippen LogP contribution in [0.5, 0.6) is 11.5 Å². The third-order valence-corrected chi connectivity index (χ3v) is 6.00. The van der Waals surface area contributed by atoms with Crippen molar-refractivity contribution in [3.8, 4) is 21.4 Å². The van der Waals surface area contributed by atoms with E-state index >= 15 is 0 Å². The van der Waals surface area contributed by atoms with Crippen molar-refractivity contribution >= 4 is 28.6 Å². The van der Waals surface area contributed by atoms with Gasteiger partial charge in [0, 0.05) is 19.0 Å². The predicted molar refractivity (Wildman–Crippen MR) is 103 cm³/mol. The molecule has 0 saturated carbocycles. The molecule has 26 heavy (non-hydrogen) atoms. The standard InChI is InChI=1S/C19H18N2O3S2/c1-21(11-13-4-5-15-16(9-13)24-7-6-23-15)18(22)10-14-12-26-19(20-14)17-3-2-8-25-17/h2-5,8-9,12H,6-7,10-11H2,1H3. The number of carbonyl (C=O) groups is 1. The second kappa shape index (κ2) is 7.47.